The molecule has 0 bridgehead atoms. The van der Waals surface area contributed by atoms with Crippen LogP contribution in [0.4, 0.5) is 4.39 Å². The van der Waals surface area contributed by atoms with E-state index in [0.717, 1.165) is 55.9 Å². The van der Waals surface area contributed by atoms with E-state index in [4.69, 9.17) is 9.47 Å². The molecule has 3 atom stereocenters. The highest BCUT2D eigenvalue weighted by Crippen LogP contribution is 2.68. The number of hydrogen-bond donors (Lipinski definition) is 1. The van der Waals surface area contributed by atoms with Crippen molar-refractivity contribution in [3.05, 3.63) is 34.0 Å². The number of aryl methyl sites for hydroxylation is 1. The third kappa shape index (κ3) is 4.41. The van der Waals surface area contributed by atoms with E-state index in [1.54, 1.807) is 14.0 Å². The molecule has 2 aliphatic carbocycles. The molecule has 2 saturated carbocycles. The third-order valence-corrected chi connectivity index (χ3v) is 8.44. The molecular formula is C26H39FN2O3. The van der Waals surface area contributed by atoms with Gasteiger partial charge in [-0.1, -0.05) is 20.3 Å². The molecule has 32 heavy (non-hydrogen) atoms. The second-order valence-electron chi connectivity index (χ2n) is 10.1. The van der Waals surface area contributed by atoms with Crippen LogP contribution in [0.3, 0.4) is 0 Å². The summed E-state index contributed by atoms with van der Waals surface area (Å²) >= 11 is 0. The van der Waals surface area contributed by atoms with Gasteiger partial charge >= 0.3 is 5.69 Å². The van der Waals surface area contributed by atoms with Gasteiger partial charge in [0.1, 0.15) is 5.82 Å². The fourth-order valence-electron chi connectivity index (χ4n) is 6.48. The van der Waals surface area contributed by atoms with E-state index in [9.17, 15) is 9.18 Å². The Morgan fingerprint density at radius 2 is 2.00 bits per heavy atom. The number of fused-ring (bicyclic) bond motifs is 1. The van der Waals surface area contributed by atoms with Gasteiger partial charge in [-0.05, 0) is 86.8 Å². The molecule has 2 fully saturated rings. The molecule has 2 aliphatic rings. The van der Waals surface area contributed by atoms with E-state index in [1.807, 2.05) is 10.6 Å². The van der Waals surface area contributed by atoms with E-state index in [2.05, 4.69) is 18.8 Å². The Morgan fingerprint density at radius 1 is 1.25 bits per heavy atom. The van der Waals surface area contributed by atoms with E-state index < -0.39 is 0 Å². The Bertz CT molecular complexity index is 973. The maximum atomic E-state index is 14.0. The fourth-order valence-corrected chi connectivity index (χ4v) is 6.48. The van der Waals surface area contributed by atoms with Gasteiger partial charge in [-0.3, -0.25) is 4.57 Å². The minimum atomic E-state index is -0.270. The summed E-state index contributed by atoms with van der Waals surface area (Å²) in [5.41, 5.74) is 2.38. The second-order valence-corrected chi connectivity index (χ2v) is 10.1. The SMILES string of the molecule is CCCC(CCC1C(C)C12CCC(OCCOC)CC2)n1c(=O)[nH]c2cc(F)c(C)cc21. The second kappa shape index (κ2) is 9.68. The highest BCUT2D eigenvalue weighted by atomic mass is 19.1. The van der Waals surface area contributed by atoms with Gasteiger partial charge in [0.25, 0.3) is 0 Å². The van der Waals surface area contributed by atoms with Gasteiger partial charge in [0.2, 0.25) is 0 Å². The number of ether oxygens (including phenoxy) is 2. The van der Waals surface area contributed by atoms with Gasteiger partial charge in [-0.25, -0.2) is 9.18 Å². The van der Waals surface area contributed by atoms with Crippen LogP contribution in [0.5, 0.6) is 0 Å². The zero-order valence-electron chi connectivity index (χ0n) is 20.1. The number of aromatic amines is 1. The topological polar surface area (TPSA) is 56.2 Å². The maximum absolute atomic E-state index is 14.0. The number of methoxy groups -OCH3 is 1. The minimum absolute atomic E-state index is 0.115. The molecule has 1 heterocycles. The van der Waals surface area contributed by atoms with Crippen molar-refractivity contribution in [3.63, 3.8) is 0 Å². The number of imidazole rings is 1. The molecule has 1 aromatic heterocycles. The first-order valence-electron chi connectivity index (χ1n) is 12.4. The number of nitrogens with zero attached hydrogens (tertiary/aromatic N) is 1. The molecule has 4 rings (SSSR count). The van der Waals surface area contributed by atoms with Gasteiger partial charge in [-0.15, -0.1) is 0 Å². The number of benzene rings is 1. The van der Waals surface area contributed by atoms with Crippen molar-refractivity contribution >= 4 is 11.0 Å². The zero-order valence-corrected chi connectivity index (χ0v) is 20.1. The summed E-state index contributed by atoms with van der Waals surface area (Å²) in [5.74, 6) is 1.22. The summed E-state index contributed by atoms with van der Waals surface area (Å²) in [6, 6.07) is 3.43. The lowest BCUT2D eigenvalue weighted by molar-refractivity contribution is -0.0127. The van der Waals surface area contributed by atoms with Crippen LogP contribution in [0.15, 0.2) is 16.9 Å². The standard InChI is InChI=1S/C26H39FN2O3/c1-5-6-19(29-24-15-17(2)22(27)16-23(24)28-25(29)30)7-8-21-18(3)26(21)11-9-20(10-12-26)32-14-13-31-4/h15-16,18-21H,5-14H2,1-4H3,(H,28,30). The first-order chi connectivity index (χ1) is 15.4. The summed E-state index contributed by atoms with van der Waals surface area (Å²) in [6.07, 6.45) is 9.32. The number of nitrogens with one attached hydrogen (secondary N) is 1. The first-order valence-corrected chi connectivity index (χ1v) is 12.4. The van der Waals surface area contributed by atoms with Crippen LogP contribution < -0.4 is 5.69 Å². The average molecular weight is 447 g/mol. The van der Waals surface area contributed by atoms with Gasteiger partial charge in [0, 0.05) is 13.2 Å². The molecule has 5 nitrogen and oxygen atoms in total. The minimum Gasteiger partial charge on any atom is -0.382 e. The van der Waals surface area contributed by atoms with Crippen LogP contribution >= 0.6 is 0 Å². The van der Waals surface area contributed by atoms with Crippen molar-refractivity contribution in [2.24, 2.45) is 17.3 Å². The molecule has 178 valence electrons. The Kier molecular flexibility index (Phi) is 7.11. The van der Waals surface area contributed by atoms with Gasteiger partial charge in [0.05, 0.1) is 30.4 Å². The molecule has 0 saturated heterocycles. The van der Waals surface area contributed by atoms with Crippen molar-refractivity contribution in [1.82, 2.24) is 9.55 Å². The summed E-state index contributed by atoms with van der Waals surface area (Å²) in [7, 11) is 1.71. The van der Waals surface area contributed by atoms with Crippen molar-refractivity contribution in [2.75, 3.05) is 20.3 Å². The van der Waals surface area contributed by atoms with Crippen molar-refractivity contribution in [1.29, 1.82) is 0 Å². The number of hydrogen-bond acceptors (Lipinski definition) is 3. The molecular weight excluding hydrogens is 407 g/mol. The maximum Gasteiger partial charge on any atom is 0.326 e. The summed E-state index contributed by atoms with van der Waals surface area (Å²) in [6.45, 7) is 7.70. The molecule has 6 heteroatoms. The van der Waals surface area contributed by atoms with Crippen LogP contribution in [0.1, 0.15) is 76.8 Å². The Hall–Kier alpha value is -1.66. The highest BCUT2D eigenvalue weighted by molar-refractivity contribution is 5.76. The number of aromatic nitrogens is 2. The smallest absolute Gasteiger partial charge is 0.326 e. The molecule has 0 radical (unpaired) electrons. The molecule has 1 aromatic carbocycles. The zero-order chi connectivity index (χ0) is 22.9. The van der Waals surface area contributed by atoms with Crippen molar-refractivity contribution < 1.29 is 13.9 Å². The van der Waals surface area contributed by atoms with Crippen molar-refractivity contribution in [2.45, 2.75) is 84.3 Å². The van der Waals surface area contributed by atoms with Crippen molar-refractivity contribution in [3.8, 4) is 0 Å². The van der Waals surface area contributed by atoms with E-state index in [1.165, 1.54) is 18.9 Å². The lowest BCUT2D eigenvalue weighted by Gasteiger charge is -2.30. The lowest BCUT2D eigenvalue weighted by atomic mass is 9.81. The Labute approximate surface area is 190 Å². The number of halogens is 1. The van der Waals surface area contributed by atoms with E-state index >= 15 is 0 Å². The summed E-state index contributed by atoms with van der Waals surface area (Å²) < 4.78 is 27.0. The third-order valence-electron chi connectivity index (χ3n) is 8.44. The van der Waals surface area contributed by atoms with Crippen LogP contribution in [0.2, 0.25) is 0 Å². The summed E-state index contributed by atoms with van der Waals surface area (Å²) in [4.78, 5) is 15.7. The number of rotatable bonds is 10. The first kappa shape index (κ1) is 23.5. The van der Waals surface area contributed by atoms with Crippen LogP contribution in [-0.2, 0) is 9.47 Å². The summed E-state index contributed by atoms with van der Waals surface area (Å²) in [5, 5.41) is 0. The number of H-pyrrole nitrogens is 1. The molecule has 2 aromatic rings. The highest BCUT2D eigenvalue weighted by Gasteiger charge is 2.61. The average Bonchev–Trinajstić information content (AvgIpc) is 3.15. The predicted molar refractivity (Wildman–Crippen MR) is 126 cm³/mol. The van der Waals surface area contributed by atoms with Crippen LogP contribution in [-0.4, -0.2) is 36.0 Å². The lowest BCUT2D eigenvalue weighted by Crippen LogP contribution is -2.25. The van der Waals surface area contributed by atoms with Gasteiger partial charge in [0.15, 0.2) is 0 Å². The normalized spacial score (nSPS) is 28.5. The largest absolute Gasteiger partial charge is 0.382 e. The molecule has 3 unspecified atom stereocenters. The van der Waals surface area contributed by atoms with Crippen LogP contribution in [0, 0.1) is 30.0 Å². The van der Waals surface area contributed by atoms with E-state index in [0.29, 0.717) is 35.8 Å². The quantitative estimate of drug-likeness (QED) is 0.472. The molecule has 0 aliphatic heterocycles. The van der Waals surface area contributed by atoms with Gasteiger partial charge < -0.3 is 14.5 Å². The van der Waals surface area contributed by atoms with Gasteiger partial charge in [-0.2, -0.15) is 0 Å². The fraction of sp³-hybridized carbons (Fsp3) is 0.731. The Morgan fingerprint density at radius 3 is 2.69 bits per heavy atom. The van der Waals surface area contributed by atoms with Crippen LogP contribution in [0.25, 0.3) is 11.0 Å². The Balaban J connectivity index is 1.42. The predicted octanol–water partition coefficient (Wildman–Crippen LogP) is 5.76. The van der Waals surface area contributed by atoms with E-state index in [-0.39, 0.29) is 17.5 Å². The molecule has 1 spiro atoms. The monoisotopic (exact) mass is 446 g/mol. The molecule has 1 N–H and O–H groups in total. The molecule has 0 amide bonds.